The molecule has 0 aromatic carbocycles. The van der Waals surface area contributed by atoms with Gasteiger partial charge in [0, 0.05) is 45.1 Å². The molecule has 0 radical (unpaired) electrons. The number of nitrogens with two attached hydrogens (primary N) is 1. The van der Waals surface area contributed by atoms with Gasteiger partial charge in [0.15, 0.2) is 0 Å². The Morgan fingerprint density at radius 2 is 2.16 bits per heavy atom. The van der Waals surface area contributed by atoms with Crippen molar-refractivity contribution in [3.63, 3.8) is 0 Å². The quantitative estimate of drug-likeness (QED) is 0.854. The number of aromatic nitrogens is 1. The summed E-state index contributed by atoms with van der Waals surface area (Å²) in [6.07, 6.45) is 3.48. The average Bonchev–Trinajstić information content (AvgIpc) is 2.41. The minimum absolute atomic E-state index is 0.182. The zero-order valence-corrected chi connectivity index (χ0v) is 12.6. The van der Waals surface area contributed by atoms with Gasteiger partial charge in [-0.3, -0.25) is 14.8 Å². The molecule has 1 aliphatic rings. The number of nitrogens with zero attached hydrogens (tertiary/aromatic N) is 3. The molecule has 19 heavy (non-hydrogen) atoms. The molecule has 0 bridgehead atoms. The Balaban J connectivity index is 1.87. The van der Waals surface area contributed by atoms with Crippen molar-refractivity contribution in [1.29, 1.82) is 0 Å². The molecule has 2 heterocycles. The molecular weight excluding hydrogens is 280 g/mol. The van der Waals surface area contributed by atoms with E-state index in [9.17, 15) is 0 Å². The first-order valence-corrected chi connectivity index (χ1v) is 7.20. The summed E-state index contributed by atoms with van der Waals surface area (Å²) in [5, 5.41) is 0.737. The summed E-state index contributed by atoms with van der Waals surface area (Å²) in [5.41, 5.74) is 6.83. The minimum Gasteiger partial charge on any atom is -0.392 e. The summed E-state index contributed by atoms with van der Waals surface area (Å²) in [7, 11) is 0. The van der Waals surface area contributed by atoms with E-state index in [0.717, 1.165) is 43.3 Å². The molecule has 4 nitrogen and oxygen atoms in total. The average molecular weight is 299 g/mol. The first kappa shape index (κ1) is 14.7. The molecule has 0 aliphatic carbocycles. The zero-order chi connectivity index (χ0) is 13.8. The van der Waals surface area contributed by atoms with Crippen LogP contribution < -0.4 is 5.73 Å². The number of rotatable bonds is 4. The summed E-state index contributed by atoms with van der Waals surface area (Å²) in [6, 6.07) is 2.16. The number of piperazine rings is 1. The van der Waals surface area contributed by atoms with Gasteiger partial charge in [0.25, 0.3) is 0 Å². The Labute approximate surface area is 124 Å². The third-order valence-corrected chi connectivity index (χ3v) is 4.30. The van der Waals surface area contributed by atoms with Gasteiger partial charge >= 0.3 is 0 Å². The number of hydrogen-bond acceptors (Lipinski definition) is 4. The highest BCUT2D eigenvalue weighted by molar-refractivity contribution is 7.80. The van der Waals surface area contributed by atoms with Crippen LogP contribution in [0.2, 0.25) is 5.02 Å². The smallest absolute Gasteiger partial charge is 0.0899 e. The summed E-state index contributed by atoms with van der Waals surface area (Å²) < 4.78 is 0. The predicted molar refractivity (Wildman–Crippen MR) is 82.3 cm³/mol. The SMILES string of the molecule is CC(C(N)=S)N1CCN(Cc2ccncc2Cl)CC1. The van der Waals surface area contributed by atoms with Crippen LogP contribution in [0.3, 0.4) is 0 Å². The van der Waals surface area contributed by atoms with Crippen molar-refractivity contribution in [3.8, 4) is 0 Å². The Hall–Kier alpha value is -0.750. The molecule has 0 spiro atoms. The molecular formula is C13H19ClN4S. The monoisotopic (exact) mass is 298 g/mol. The summed E-state index contributed by atoms with van der Waals surface area (Å²) in [5.74, 6) is 0. The summed E-state index contributed by atoms with van der Waals surface area (Å²) in [4.78, 5) is 9.30. The normalized spacial score (nSPS) is 19.3. The molecule has 1 atom stereocenters. The molecule has 0 amide bonds. The first-order chi connectivity index (χ1) is 9.08. The van der Waals surface area contributed by atoms with E-state index in [1.807, 2.05) is 6.07 Å². The van der Waals surface area contributed by atoms with E-state index in [2.05, 4.69) is 21.7 Å². The molecule has 104 valence electrons. The second kappa shape index (κ2) is 6.61. The van der Waals surface area contributed by atoms with Gasteiger partial charge in [0.1, 0.15) is 0 Å². The maximum Gasteiger partial charge on any atom is 0.0899 e. The number of hydrogen-bond donors (Lipinski definition) is 1. The Kier molecular flexibility index (Phi) is 5.10. The lowest BCUT2D eigenvalue weighted by molar-refractivity contribution is 0.118. The fourth-order valence-corrected chi connectivity index (χ4v) is 2.59. The standard InChI is InChI=1S/C13H19ClN4S/c1-10(13(15)19)18-6-4-17(5-7-18)9-11-2-3-16-8-12(11)14/h2-3,8,10H,4-7,9H2,1H3,(H2,15,19). The van der Waals surface area contributed by atoms with E-state index >= 15 is 0 Å². The molecule has 2 N–H and O–H groups in total. The molecule has 1 aromatic heterocycles. The lowest BCUT2D eigenvalue weighted by Gasteiger charge is -2.37. The van der Waals surface area contributed by atoms with Crippen molar-refractivity contribution in [1.82, 2.24) is 14.8 Å². The lowest BCUT2D eigenvalue weighted by Crippen LogP contribution is -2.52. The van der Waals surface area contributed by atoms with Crippen LogP contribution in [0.4, 0.5) is 0 Å². The molecule has 0 saturated carbocycles. The predicted octanol–water partition coefficient (Wildman–Crippen LogP) is 1.53. The van der Waals surface area contributed by atoms with Gasteiger partial charge in [0.2, 0.25) is 0 Å². The van der Waals surface area contributed by atoms with E-state index in [1.54, 1.807) is 12.4 Å². The van der Waals surface area contributed by atoms with Crippen LogP contribution in [0.15, 0.2) is 18.5 Å². The van der Waals surface area contributed by atoms with Gasteiger partial charge in [0.05, 0.1) is 16.1 Å². The van der Waals surface area contributed by atoms with Crippen LogP contribution in [-0.4, -0.2) is 52.0 Å². The first-order valence-electron chi connectivity index (χ1n) is 6.42. The maximum atomic E-state index is 6.13. The molecule has 2 rings (SSSR count). The number of halogens is 1. The minimum atomic E-state index is 0.182. The van der Waals surface area contributed by atoms with Crippen LogP contribution in [0.1, 0.15) is 12.5 Å². The van der Waals surface area contributed by atoms with Gasteiger partial charge in [-0.15, -0.1) is 0 Å². The van der Waals surface area contributed by atoms with Gasteiger partial charge in [-0.1, -0.05) is 23.8 Å². The third-order valence-electron chi connectivity index (χ3n) is 3.62. The van der Waals surface area contributed by atoms with Crippen molar-refractivity contribution >= 4 is 28.8 Å². The van der Waals surface area contributed by atoms with Crippen molar-refractivity contribution < 1.29 is 0 Å². The second-order valence-electron chi connectivity index (χ2n) is 4.86. The van der Waals surface area contributed by atoms with Crippen LogP contribution in [0.5, 0.6) is 0 Å². The van der Waals surface area contributed by atoms with Crippen LogP contribution >= 0.6 is 23.8 Å². The van der Waals surface area contributed by atoms with Crippen molar-refractivity contribution in [2.45, 2.75) is 19.5 Å². The fourth-order valence-electron chi connectivity index (χ4n) is 2.26. The molecule has 1 fully saturated rings. The highest BCUT2D eigenvalue weighted by Gasteiger charge is 2.22. The van der Waals surface area contributed by atoms with Crippen molar-refractivity contribution in [2.75, 3.05) is 26.2 Å². The lowest BCUT2D eigenvalue weighted by atomic mass is 10.2. The van der Waals surface area contributed by atoms with E-state index in [4.69, 9.17) is 29.6 Å². The summed E-state index contributed by atoms with van der Waals surface area (Å²) >= 11 is 11.2. The maximum absolute atomic E-state index is 6.13. The molecule has 1 aliphatic heterocycles. The van der Waals surface area contributed by atoms with E-state index in [0.29, 0.717) is 4.99 Å². The molecule has 1 aromatic rings. The highest BCUT2D eigenvalue weighted by Crippen LogP contribution is 2.17. The van der Waals surface area contributed by atoms with E-state index < -0.39 is 0 Å². The second-order valence-corrected chi connectivity index (χ2v) is 5.74. The van der Waals surface area contributed by atoms with Gasteiger partial charge < -0.3 is 5.73 Å². The van der Waals surface area contributed by atoms with Crippen molar-refractivity contribution in [2.24, 2.45) is 5.73 Å². The van der Waals surface area contributed by atoms with E-state index in [1.165, 1.54) is 0 Å². The highest BCUT2D eigenvalue weighted by atomic mass is 35.5. The molecule has 1 saturated heterocycles. The third kappa shape index (κ3) is 3.86. The Morgan fingerprint density at radius 1 is 1.47 bits per heavy atom. The Morgan fingerprint density at radius 3 is 2.74 bits per heavy atom. The fraction of sp³-hybridized carbons (Fsp3) is 0.538. The number of pyridine rings is 1. The van der Waals surface area contributed by atoms with Gasteiger partial charge in [-0.05, 0) is 18.6 Å². The Bertz CT molecular complexity index is 446. The molecule has 1 unspecified atom stereocenters. The van der Waals surface area contributed by atoms with Crippen LogP contribution in [0, 0.1) is 0 Å². The van der Waals surface area contributed by atoms with Gasteiger partial charge in [-0.25, -0.2) is 0 Å². The van der Waals surface area contributed by atoms with Gasteiger partial charge in [-0.2, -0.15) is 0 Å². The van der Waals surface area contributed by atoms with Crippen molar-refractivity contribution in [3.05, 3.63) is 29.0 Å². The summed E-state index contributed by atoms with van der Waals surface area (Å²) in [6.45, 7) is 6.92. The number of thiocarbonyl (C=S) groups is 1. The molecule has 6 heteroatoms. The zero-order valence-electron chi connectivity index (χ0n) is 11.1. The van der Waals surface area contributed by atoms with Crippen LogP contribution in [-0.2, 0) is 6.54 Å². The topological polar surface area (TPSA) is 45.4 Å². The van der Waals surface area contributed by atoms with Crippen LogP contribution in [0.25, 0.3) is 0 Å². The largest absolute Gasteiger partial charge is 0.392 e. The van der Waals surface area contributed by atoms with E-state index in [-0.39, 0.29) is 6.04 Å².